The number of carboxylic acids is 1. The van der Waals surface area contributed by atoms with Gasteiger partial charge in [0.1, 0.15) is 0 Å². The zero-order valence-corrected chi connectivity index (χ0v) is 7.85. The number of hydrogen-bond donors (Lipinski definition) is 1. The Labute approximate surface area is 83.2 Å². The summed E-state index contributed by atoms with van der Waals surface area (Å²) >= 11 is 3.27. The molecule has 0 aliphatic heterocycles. The van der Waals surface area contributed by atoms with E-state index in [2.05, 4.69) is 15.9 Å². The molecule has 0 unspecified atom stereocenters. The molecule has 0 bridgehead atoms. The van der Waals surface area contributed by atoms with Gasteiger partial charge in [0, 0.05) is 11.8 Å². The van der Waals surface area contributed by atoms with Crippen molar-refractivity contribution in [3.63, 3.8) is 0 Å². The van der Waals surface area contributed by atoms with Crippen LogP contribution >= 0.6 is 15.9 Å². The first kappa shape index (κ1) is 13.2. The van der Waals surface area contributed by atoms with E-state index in [4.69, 9.17) is 5.11 Å². The number of rotatable bonds is 5. The monoisotopic (exact) mass is 202 g/mol. The molecule has 0 heterocycles. The average Bonchev–Trinajstić information content (AvgIpc) is 1.80. The van der Waals surface area contributed by atoms with Crippen molar-refractivity contribution in [1.82, 2.24) is 0 Å². The van der Waals surface area contributed by atoms with Crippen molar-refractivity contribution in [3.8, 4) is 0 Å². The minimum atomic E-state index is -0.690. The molecule has 0 atom stereocenters. The van der Waals surface area contributed by atoms with E-state index in [1.165, 1.54) is 0 Å². The third-order valence-electron chi connectivity index (χ3n) is 1.02. The Bertz CT molecular complexity index is 92.7. The van der Waals surface area contributed by atoms with Gasteiger partial charge in [-0.2, -0.15) is 0 Å². The predicted octanol–water partition coefficient (Wildman–Crippen LogP) is -0.857. The first-order chi connectivity index (χ1) is 4.27. The minimum absolute atomic E-state index is 0. The molecular weight excluding hydrogens is 191 g/mol. The van der Waals surface area contributed by atoms with E-state index >= 15 is 0 Å². The molecule has 0 rings (SSSR count). The second-order valence-electron chi connectivity index (χ2n) is 1.89. The summed E-state index contributed by atoms with van der Waals surface area (Å²) in [5, 5.41) is 9.18. The molecule has 0 aromatic carbocycles. The molecule has 0 spiro atoms. The van der Waals surface area contributed by atoms with E-state index in [1.807, 2.05) is 0 Å². The number of aliphatic carboxylic acids is 1. The predicted molar refractivity (Wildman–Crippen MR) is 41.0 cm³/mol. The molecule has 0 saturated carbocycles. The Morgan fingerprint density at radius 3 is 2.40 bits per heavy atom. The Morgan fingerprint density at radius 2 is 2.00 bits per heavy atom. The van der Waals surface area contributed by atoms with Crippen LogP contribution in [0.3, 0.4) is 0 Å². The SMILES string of the molecule is O=C(O)CCCCCBr.[H-].[Li+]. The number of halogens is 1. The maximum absolute atomic E-state index is 9.95. The zero-order chi connectivity index (χ0) is 7.11. The van der Waals surface area contributed by atoms with Gasteiger partial charge >= 0.3 is 24.8 Å². The van der Waals surface area contributed by atoms with E-state index in [9.17, 15) is 4.79 Å². The van der Waals surface area contributed by atoms with Crippen LogP contribution in [0.25, 0.3) is 0 Å². The fourth-order valence-electron chi connectivity index (χ4n) is 0.547. The van der Waals surface area contributed by atoms with Crippen LogP contribution < -0.4 is 18.9 Å². The Morgan fingerprint density at radius 1 is 1.40 bits per heavy atom. The second-order valence-corrected chi connectivity index (χ2v) is 2.69. The minimum Gasteiger partial charge on any atom is -1.00 e. The largest absolute Gasteiger partial charge is 1.00 e. The van der Waals surface area contributed by atoms with Gasteiger partial charge in [-0.1, -0.05) is 22.4 Å². The summed E-state index contributed by atoms with van der Waals surface area (Å²) in [5.74, 6) is -0.690. The quantitative estimate of drug-likeness (QED) is 0.358. The van der Waals surface area contributed by atoms with E-state index in [0.29, 0.717) is 6.42 Å². The van der Waals surface area contributed by atoms with Crippen LogP contribution in [0.1, 0.15) is 27.1 Å². The standard InChI is InChI=1S/C6H11BrO2.Li.H/c7-5-3-1-2-4-6(8)9;;/h1-5H2,(H,8,9);;/q;+1;-1. The van der Waals surface area contributed by atoms with Gasteiger partial charge in [0.2, 0.25) is 0 Å². The van der Waals surface area contributed by atoms with Gasteiger partial charge in [0.15, 0.2) is 0 Å². The average molecular weight is 203 g/mol. The molecule has 56 valence electrons. The molecule has 2 nitrogen and oxygen atoms in total. The summed E-state index contributed by atoms with van der Waals surface area (Å²) in [4.78, 5) is 9.95. The van der Waals surface area contributed by atoms with E-state index < -0.39 is 5.97 Å². The van der Waals surface area contributed by atoms with Crippen molar-refractivity contribution in [3.05, 3.63) is 0 Å². The molecule has 0 fully saturated rings. The summed E-state index contributed by atoms with van der Waals surface area (Å²) in [7, 11) is 0. The van der Waals surface area contributed by atoms with Crippen LogP contribution in [0, 0.1) is 0 Å². The summed E-state index contributed by atoms with van der Waals surface area (Å²) in [5.41, 5.74) is 0. The zero-order valence-electron chi connectivity index (χ0n) is 7.27. The Hall–Kier alpha value is 0.547. The number of carbonyl (C=O) groups is 1. The summed E-state index contributed by atoms with van der Waals surface area (Å²) in [6, 6.07) is 0. The second kappa shape index (κ2) is 9.55. The van der Waals surface area contributed by atoms with Crippen LogP contribution in [-0.2, 0) is 4.79 Å². The number of carboxylic acid groups (broad SMARTS) is 1. The van der Waals surface area contributed by atoms with Crippen LogP contribution in [0.2, 0.25) is 0 Å². The van der Waals surface area contributed by atoms with Gasteiger partial charge in [-0.3, -0.25) is 4.79 Å². The third kappa shape index (κ3) is 11.4. The van der Waals surface area contributed by atoms with Gasteiger partial charge in [-0.05, 0) is 12.8 Å². The first-order valence-electron chi connectivity index (χ1n) is 3.05. The normalized spacial score (nSPS) is 8.50. The molecule has 4 heteroatoms. The van der Waals surface area contributed by atoms with Gasteiger partial charge in [-0.15, -0.1) is 0 Å². The molecule has 1 N–H and O–H groups in total. The topological polar surface area (TPSA) is 37.3 Å². The molecule has 0 aromatic rings. The van der Waals surface area contributed by atoms with Gasteiger partial charge in [-0.25, -0.2) is 0 Å². The summed E-state index contributed by atoms with van der Waals surface area (Å²) in [6.45, 7) is 0. The molecular formula is C6H12BrLiO2. The van der Waals surface area contributed by atoms with Crippen molar-refractivity contribution < 1.29 is 30.2 Å². The van der Waals surface area contributed by atoms with Crippen LogP contribution in [0.15, 0.2) is 0 Å². The van der Waals surface area contributed by atoms with Gasteiger partial charge in [0.05, 0.1) is 0 Å². The molecule has 10 heavy (non-hydrogen) atoms. The van der Waals surface area contributed by atoms with E-state index in [0.717, 1.165) is 24.6 Å². The molecule has 0 saturated heterocycles. The van der Waals surface area contributed by atoms with Crippen LogP contribution in [-0.4, -0.2) is 16.4 Å². The molecule has 0 aliphatic rings. The third-order valence-corrected chi connectivity index (χ3v) is 1.59. The van der Waals surface area contributed by atoms with Crippen molar-refractivity contribution in [2.45, 2.75) is 25.7 Å². The van der Waals surface area contributed by atoms with Crippen molar-refractivity contribution in [2.24, 2.45) is 0 Å². The number of hydrogen-bond acceptors (Lipinski definition) is 1. The molecule has 0 radical (unpaired) electrons. The van der Waals surface area contributed by atoms with Gasteiger partial charge < -0.3 is 6.53 Å². The summed E-state index contributed by atoms with van der Waals surface area (Å²) < 4.78 is 0. The van der Waals surface area contributed by atoms with Crippen LogP contribution in [0.4, 0.5) is 0 Å². The maximum Gasteiger partial charge on any atom is 1.00 e. The molecule has 0 aliphatic carbocycles. The van der Waals surface area contributed by atoms with Gasteiger partial charge in [0.25, 0.3) is 0 Å². The van der Waals surface area contributed by atoms with Crippen molar-refractivity contribution in [2.75, 3.05) is 5.33 Å². The fourth-order valence-corrected chi connectivity index (χ4v) is 0.944. The van der Waals surface area contributed by atoms with E-state index in [-0.39, 0.29) is 20.3 Å². The number of unbranched alkanes of at least 4 members (excludes halogenated alkanes) is 2. The number of alkyl halides is 1. The molecule has 0 aromatic heterocycles. The van der Waals surface area contributed by atoms with Crippen molar-refractivity contribution >= 4 is 21.9 Å². The Kier molecular flexibility index (Phi) is 12.6. The van der Waals surface area contributed by atoms with E-state index in [1.54, 1.807) is 0 Å². The smallest absolute Gasteiger partial charge is 1.00 e. The Balaban J connectivity index is -0.000000320. The fraction of sp³-hybridized carbons (Fsp3) is 0.833. The summed E-state index contributed by atoms with van der Waals surface area (Å²) in [6.07, 6.45) is 3.21. The molecule has 0 amide bonds. The van der Waals surface area contributed by atoms with Crippen molar-refractivity contribution in [1.29, 1.82) is 0 Å². The maximum atomic E-state index is 9.95. The van der Waals surface area contributed by atoms with Crippen LogP contribution in [0.5, 0.6) is 0 Å². The first-order valence-corrected chi connectivity index (χ1v) is 4.17.